The summed E-state index contributed by atoms with van der Waals surface area (Å²) in [6.07, 6.45) is 3.48. The minimum atomic E-state index is -0.379. The van der Waals surface area contributed by atoms with Crippen molar-refractivity contribution in [2.24, 2.45) is 11.8 Å². The highest BCUT2D eigenvalue weighted by Crippen LogP contribution is 2.33. The van der Waals surface area contributed by atoms with Crippen molar-refractivity contribution in [1.29, 1.82) is 0 Å². The average molecular weight is 278 g/mol. The van der Waals surface area contributed by atoms with E-state index in [4.69, 9.17) is 5.84 Å². The first-order valence-corrected chi connectivity index (χ1v) is 7.07. The van der Waals surface area contributed by atoms with E-state index >= 15 is 0 Å². The Balaban J connectivity index is 2.34. The molecule has 1 aliphatic heterocycles. The number of non-ortho nitro benzene ring substituents is 1. The van der Waals surface area contributed by atoms with Crippen LogP contribution in [0.25, 0.3) is 0 Å². The van der Waals surface area contributed by atoms with Crippen LogP contribution >= 0.6 is 0 Å². The minimum Gasteiger partial charge on any atom is -0.368 e. The van der Waals surface area contributed by atoms with E-state index in [2.05, 4.69) is 24.2 Å². The van der Waals surface area contributed by atoms with E-state index < -0.39 is 0 Å². The lowest BCUT2D eigenvalue weighted by Gasteiger charge is -2.39. The van der Waals surface area contributed by atoms with Crippen LogP contribution in [0.3, 0.4) is 0 Å². The first-order valence-electron chi connectivity index (χ1n) is 7.07. The number of nitrogens with zero attached hydrogens (tertiary/aromatic N) is 2. The number of nitrogen functional groups attached to an aromatic ring is 1. The van der Waals surface area contributed by atoms with Crippen molar-refractivity contribution in [3.63, 3.8) is 0 Å². The molecule has 0 saturated carbocycles. The molecular formula is C14H22N4O2. The van der Waals surface area contributed by atoms with Gasteiger partial charge in [0.1, 0.15) is 0 Å². The molecule has 6 heteroatoms. The molecule has 0 amide bonds. The number of hydrogen-bond donors (Lipinski definition) is 2. The summed E-state index contributed by atoms with van der Waals surface area (Å²) in [5.74, 6) is 6.07. The van der Waals surface area contributed by atoms with Crippen molar-refractivity contribution in [2.75, 3.05) is 16.9 Å². The molecular weight excluding hydrogens is 256 g/mol. The Hall–Kier alpha value is -1.82. The monoisotopic (exact) mass is 278 g/mol. The van der Waals surface area contributed by atoms with Crippen LogP contribution in [-0.2, 0) is 0 Å². The van der Waals surface area contributed by atoms with Crippen LogP contribution < -0.4 is 16.2 Å². The van der Waals surface area contributed by atoms with E-state index in [-0.39, 0.29) is 10.6 Å². The van der Waals surface area contributed by atoms with Gasteiger partial charge in [0.15, 0.2) is 0 Å². The maximum atomic E-state index is 11.0. The van der Waals surface area contributed by atoms with Gasteiger partial charge in [-0.25, -0.2) is 0 Å². The van der Waals surface area contributed by atoms with Gasteiger partial charge in [0.25, 0.3) is 5.69 Å². The number of hydrogen-bond acceptors (Lipinski definition) is 5. The Morgan fingerprint density at radius 3 is 2.80 bits per heavy atom. The Morgan fingerprint density at radius 2 is 2.20 bits per heavy atom. The quantitative estimate of drug-likeness (QED) is 0.502. The summed E-state index contributed by atoms with van der Waals surface area (Å²) in [4.78, 5) is 12.9. The molecule has 3 N–H and O–H groups in total. The lowest BCUT2D eigenvalue weighted by Crippen LogP contribution is -2.41. The van der Waals surface area contributed by atoms with E-state index in [0.717, 1.165) is 25.1 Å². The molecule has 1 aliphatic rings. The number of hydrazine groups is 1. The second-order valence-corrected chi connectivity index (χ2v) is 5.49. The van der Waals surface area contributed by atoms with Crippen LogP contribution in [0.1, 0.15) is 33.1 Å². The summed E-state index contributed by atoms with van der Waals surface area (Å²) < 4.78 is 0. The van der Waals surface area contributed by atoms with Crippen molar-refractivity contribution in [1.82, 2.24) is 0 Å². The molecule has 20 heavy (non-hydrogen) atoms. The third-order valence-electron chi connectivity index (χ3n) is 4.17. The SMILES string of the molecule is CCC1CCC(C)N(c2cc(NN)cc([N+](=O)[O-])c2)C1. The number of piperidine rings is 1. The molecule has 110 valence electrons. The topological polar surface area (TPSA) is 84.4 Å². The van der Waals surface area contributed by atoms with Gasteiger partial charge in [0, 0.05) is 30.4 Å². The average Bonchev–Trinajstić information content (AvgIpc) is 2.47. The normalized spacial score (nSPS) is 22.6. The van der Waals surface area contributed by atoms with Gasteiger partial charge in [-0.3, -0.25) is 16.0 Å². The van der Waals surface area contributed by atoms with Crippen molar-refractivity contribution < 1.29 is 4.92 Å². The smallest absolute Gasteiger partial charge is 0.273 e. The van der Waals surface area contributed by atoms with Crippen molar-refractivity contribution in [3.8, 4) is 0 Å². The molecule has 0 spiro atoms. The Labute approximate surface area is 119 Å². The van der Waals surface area contributed by atoms with E-state index in [9.17, 15) is 10.1 Å². The van der Waals surface area contributed by atoms with E-state index in [0.29, 0.717) is 17.6 Å². The summed E-state index contributed by atoms with van der Waals surface area (Å²) in [6, 6.07) is 5.36. The van der Waals surface area contributed by atoms with Crippen LogP contribution in [0.4, 0.5) is 17.1 Å². The van der Waals surface area contributed by atoms with Gasteiger partial charge in [0.2, 0.25) is 0 Å². The number of nitro benzene ring substituents is 1. The molecule has 2 unspecified atom stereocenters. The summed E-state index contributed by atoms with van der Waals surface area (Å²) in [6.45, 7) is 5.31. The zero-order valence-corrected chi connectivity index (χ0v) is 12.0. The predicted molar refractivity (Wildman–Crippen MR) is 80.7 cm³/mol. The lowest BCUT2D eigenvalue weighted by molar-refractivity contribution is -0.384. The lowest BCUT2D eigenvalue weighted by atomic mass is 9.91. The van der Waals surface area contributed by atoms with Gasteiger partial charge < -0.3 is 10.3 Å². The number of nitro groups is 1. The first-order chi connectivity index (χ1) is 9.55. The van der Waals surface area contributed by atoms with E-state index in [1.807, 2.05) is 6.07 Å². The number of nitrogens with one attached hydrogen (secondary N) is 1. The zero-order valence-electron chi connectivity index (χ0n) is 12.0. The fourth-order valence-corrected chi connectivity index (χ4v) is 2.82. The molecule has 1 heterocycles. The molecule has 6 nitrogen and oxygen atoms in total. The molecule has 1 saturated heterocycles. The predicted octanol–water partition coefficient (Wildman–Crippen LogP) is 2.90. The van der Waals surface area contributed by atoms with Gasteiger partial charge in [-0.1, -0.05) is 13.3 Å². The molecule has 1 fully saturated rings. The Morgan fingerprint density at radius 1 is 1.45 bits per heavy atom. The number of nitrogens with two attached hydrogens (primary N) is 1. The maximum Gasteiger partial charge on any atom is 0.273 e. The summed E-state index contributed by atoms with van der Waals surface area (Å²) >= 11 is 0. The second-order valence-electron chi connectivity index (χ2n) is 5.49. The van der Waals surface area contributed by atoms with Crippen LogP contribution in [0, 0.1) is 16.0 Å². The van der Waals surface area contributed by atoms with Gasteiger partial charge in [-0.2, -0.15) is 0 Å². The molecule has 2 rings (SSSR count). The fourth-order valence-electron chi connectivity index (χ4n) is 2.82. The molecule has 2 atom stereocenters. The molecule has 1 aromatic carbocycles. The Kier molecular flexibility index (Phi) is 4.44. The van der Waals surface area contributed by atoms with Gasteiger partial charge in [-0.05, 0) is 31.7 Å². The first kappa shape index (κ1) is 14.6. The fraction of sp³-hybridized carbons (Fsp3) is 0.571. The third kappa shape index (κ3) is 3.01. The van der Waals surface area contributed by atoms with Crippen molar-refractivity contribution in [3.05, 3.63) is 28.3 Å². The highest BCUT2D eigenvalue weighted by atomic mass is 16.6. The summed E-state index contributed by atoms with van der Waals surface area (Å²) in [7, 11) is 0. The highest BCUT2D eigenvalue weighted by Gasteiger charge is 2.26. The van der Waals surface area contributed by atoms with Crippen molar-refractivity contribution in [2.45, 2.75) is 39.2 Å². The van der Waals surface area contributed by atoms with Crippen molar-refractivity contribution >= 4 is 17.1 Å². The maximum absolute atomic E-state index is 11.0. The summed E-state index contributed by atoms with van der Waals surface area (Å²) in [5.41, 5.74) is 4.02. The standard InChI is InChI=1S/C14H22N4O2/c1-3-11-5-4-10(2)17(9-11)13-6-12(16-15)7-14(8-13)18(19)20/h6-8,10-11,16H,3-5,9,15H2,1-2H3. The zero-order chi connectivity index (χ0) is 14.7. The largest absolute Gasteiger partial charge is 0.368 e. The minimum absolute atomic E-state index is 0.0706. The highest BCUT2D eigenvalue weighted by molar-refractivity contribution is 5.64. The van der Waals surface area contributed by atoms with Crippen LogP contribution in [0.15, 0.2) is 18.2 Å². The number of benzene rings is 1. The van der Waals surface area contributed by atoms with Crippen LogP contribution in [-0.4, -0.2) is 17.5 Å². The van der Waals surface area contributed by atoms with Crippen LogP contribution in [0.5, 0.6) is 0 Å². The molecule has 1 aromatic rings. The van der Waals surface area contributed by atoms with Gasteiger partial charge in [-0.15, -0.1) is 0 Å². The molecule has 0 aromatic heterocycles. The third-order valence-corrected chi connectivity index (χ3v) is 4.17. The molecule has 0 aliphatic carbocycles. The van der Waals surface area contributed by atoms with Crippen LogP contribution in [0.2, 0.25) is 0 Å². The Bertz CT molecular complexity index is 492. The second kappa shape index (κ2) is 6.09. The van der Waals surface area contributed by atoms with E-state index in [1.54, 1.807) is 6.07 Å². The molecule has 0 radical (unpaired) electrons. The molecule has 0 bridgehead atoms. The van der Waals surface area contributed by atoms with E-state index in [1.165, 1.54) is 12.5 Å². The van der Waals surface area contributed by atoms with Gasteiger partial charge >= 0.3 is 0 Å². The number of anilines is 2. The van der Waals surface area contributed by atoms with Gasteiger partial charge in [0.05, 0.1) is 10.6 Å². The summed E-state index contributed by atoms with van der Waals surface area (Å²) in [5, 5.41) is 11.0. The number of rotatable bonds is 4.